The van der Waals surface area contributed by atoms with Crippen LogP contribution >= 0.6 is 0 Å². The summed E-state index contributed by atoms with van der Waals surface area (Å²) in [6.45, 7) is 2.69. The highest BCUT2D eigenvalue weighted by atomic mass is 19.1. The third-order valence-corrected chi connectivity index (χ3v) is 7.47. The van der Waals surface area contributed by atoms with Gasteiger partial charge in [-0.05, 0) is 72.6 Å². The summed E-state index contributed by atoms with van der Waals surface area (Å²) >= 11 is 0. The van der Waals surface area contributed by atoms with E-state index >= 15 is 0 Å². The number of rotatable bonds is 2. The van der Waals surface area contributed by atoms with Crippen LogP contribution in [0.1, 0.15) is 64.7 Å². The van der Waals surface area contributed by atoms with Gasteiger partial charge in [0.1, 0.15) is 5.82 Å². The molecule has 3 heteroatoms. The number of fused-ring (bicyclic) bond motifs is 4. The maximum absolute atomic E-state index is 13.6. The molecule has 2 aliphatic carbocycles. The van der Waals surface area contributed by atoms with Gasteiger partial charge >= 0.3 is 0 Å². The Labute approximate surface area is 170 Å². The zero-order valence-corrected chi connectivity index (χ0v) is 16.5. The van der Waals surface area contributed by atoms with Gasteiger partial charge in [0.2, 0.25) is 0 Å². The lowest BCUT2D eigenvalue weighted by Gasteiger charge is -2.51. The summed E-state index contributed by atoms with van der Waals surface area (Å²) in [4.78, 5) is 14.9. The van der Waals surface area contributed by atoms with Crippen LogP contribution in [0.5, 0.6) is 0 Å². The maximum Gasteiger partial charge on any atom is 0.159 e. The fourth-order valence-corrected chi connectivity index (χ4v) is 6.22. The highest BCUT2D eigenvalue weighted by Gasteiger charge is 2.47. The fraction of sp³-hybridized carbons (Fsp3) is 0.346. The first kappa shape index (κ1) is 17.2. The smallest absolute Gasteiger partial charge is 0.159 e. The third kappa shape index (κ3) is 2.43. The maximum atomic E-state index is 13.6. The first-order chi connectivity index (χ1) is 14.1. The second-order valence-electron chi connectivity index (χ2n) is 9.01. The van der Waals surface area contributed by atoms with Crippen molar-refractivity contribution in [2.75, 3.05) is 11.4 Å². The van der Waals surface area contributed by atoms with Crippen molar-refractivity contribution in [3.8, 4) is 0 Å². The summed E-state index contributed by atoms with van der Waals surface area (Å²) in [6.07, 6.45) is 11.4. The summed E-state index contributed by atoms with van der Waals surface area (Å²) in [5, 5.41) is 0. The van der Waals surface area contributed by atoms with Gasteiger partial charge in [-0.15, -0.1) is 0 Å². The Morgan fingerprint density at radius 3 is 2.45 bits per heavy atom. The molecule has 2 nitrogen and oxygen atoms in total. The Balaban J connectivity index is 1.59. The molecule has 2 aliphatic heterocycles. The lowest BCUT2D eigenvalue weighted by atomic mass is 9.70. The fourth-order valence-electron chi connectivity index (χ4n) is 6.22. The normalized spacial score (nSPS) is 30.8. The predicted molar refractivity (Wildman–Crippen MR) is 113 cm³/mol. The van der Waals surface area contributed by atoms with Gasteiger partial charge in [0.05, 0.1) is 6.04 Å². The first-order valence-corrected chi connectivity index (χ1v) is 10.7. The molecule has 0 aromatic heterocycles. The van der Waals surface area contributed by atoms with E-state index in [4.69, 9.17) is 0 Å². The van der Waals surface area contributed by atoms with Crippen molar-refractivity contribution in [3.05, 3.63) is 88.8 Å². The Bertz CT molecular complexity index is 1050. The number of allylic oxidation sites excluding steroid dienone is 4. The number of carbonyl (C=O) groups excluding carboxylic acids is 1. The molecule has 4 aliphatic rings. The number of hydrogen-bond donors (Lipinski definition) is 0. The van der Waals surface area contributed by atoms with E-state index in [-0.39, 0.29) is 17.6 Å². The average Bonchev–Trinajstić information content (AvgIpc) is 3.38. The quantitative estimate of drug-likeness (QED) is 0.472. The number of benzene rings is 2. The molecule has 2 heterocycles. The molecular weight excluding hydrogens is 361 g/mol. The summed E-state index contributed by atoms with van der Waals surface area (Å²) in [7, 11) is 0. The summed E-state index contributed by atoms with van der Waals surface area (Å²) in [5.74, 6) is 1.64. The SMILES string of the molecule is CC(=O)c1cc2c3c(c1)[C@@H]1C=CC[C@H]1[C@H](c1ccc(F)cc1)N3C[C@H]1CC=C[C@H]21. The van der Waals surface area contributed by atoms with E-state index in [1.165, 1.54) is 22.4 Å². The molecule has 6 rings (SSSR count). The van der Waals surface area contributed by atoms with Crippen LogP contribution in [0.25, 0.3) is 0 Å². The minimum Gasteiger partial charge on any atom is -0.363 e. The van der Waals surface area contributed by atoms with E-state index in [1.807, 2.05) is 12.1 Å². The van der Waals surface area contributed by atoms with Gasteiger partial charge in [0.25, 0.3) is 0 Å². The number of hydrogen-bond acceptors (Lipinski definition) is 2. The Morgan fingerprint density at radius 2 is 1.69 bits per heavy atom. The van der Waals surface area contributed by atoms with E-state index in [2.05, 4.69) is 41.3 Å². The van der Waals surface area contributed by atoms with Crippen molar-refractivity contribution < 1.29 is 9.18 Å². The second kappa shape index (κ2) is 6.16. The van der Waals surface area contributed by atoms with Crippen LogP contribution < -0.4 is 4.90 Å². The highest BCUT2D eigenvalue weighted by molar-refractivity contribution is 5.95. The minimum atomic E-state index is -0.184. The van der Waals surface area contributed by atoms with Gasteiger partial charge in [-0.2, -0.15) is 0 Å². The van der Waals surface area contributed by atoms with Gasteiger partial charge in [-0.3, -0.25) is 4.79 Å². The number of nitrogens with zero attached hydrogens (tertiary/aromatic N) is 1. The zero-order valence-electron chi connectivity index (χ0n) is 16.5. The molecule has 2 aromatic rings. The van der Waals surface area contributed by atoms with Crippen LogP contribution in [-0.2, 0) is 0 Å². The molecule has 146 valence electrons. The van der Waals surface area contributed by atoms with E-state index < -0.39 is 0 Å². The lowest BCUT2D eigenvalue weighted by Crippen LogP contribution is -2.46. The largest absolute Gasteiger partial charge is 0.363 e. The molecular formula is C26H24FNO. The Kier molecular flexibility index (Phi) is 3.65. The van der Waals surface area contributed by atoms with Crippen LogP contribution in [0, 0.1) is 17.7 Å². The van der Waals surface area contributed by atoms with Crippen molar-refractivity contribution in [3.63, 3.8) is 0 Å². The summed E-state index contributed by atoms with van der Waals surface area (Å²) in [6, 6.07) is 11.6. The monoisotopic (exact) mass is 385 g/mol. The minimum absolute atomic E-state index is 0.138. The molecule has 0 radical (unpaired) electrons. The molecule has 0 spiro atoms. The Morgan fingerprint density at radius 1 is 1.00 bits per heavy atom. The topological polar surface area (TPSA) is 20.3 Å². The number of anilines is 1. The highest BCUT2D eigenvalue weighted by Crippen LogP contribution is 2.58. The van der Waals surface area contributed by atoms with Crippen molar-refractivity contribution in [2.24, 2.45) is 11.8 Å². The van der Waals surface area contributed by atoms with Gasteiger partial charge < -0.3 is 4.90 Å². The number of Topliss-reactive ketones (excluding diaryl/α,β-unsaturated/α-hetero) is 1. The predicted octanol–water partition coefficient (Wildman–Crippen LogP) is 5.92. The Hall–Kier alpha value is -2.68. The summed E-state index contributed by atoms with van der Waals surface area (Å²) < 4.78 is 13.6. The molecule has 0 amide bonds. The van der Waals surface area contributed by atoms with Gasteiger partial charge in [0, 0.05) is 29.6 Å². The average molecular weight is 385 g/mol. The number of halogens is 1. The molecule has 5 atom stereocenters. The van der Waals surface area contributed by atoms with Crippen molar-refractivity contribution in [1.82, 2.24) is 0 Å². The standard InChI is InChI=1S/C26H24FNO/c1-15(29)18-12-23-20-5-2-4-17(20)14-28-25(16-8-10-19(27)11-9-16)22-7-3-6-21(22)24(13-18)26(23)28/h2-3,5-6,8-13,17,20-22,25H,4,7,14H2,1H3/t17-,20+,21-,22-,25+/m1/s1. The van der Waals surface area contributed by atoms with E-state index in [0.29, 0.717) is 23.7 Å². The lowest BCUT2D eigenvalue weighted by molar-refractivity contribution is 0.101. The molecule has 0 saturated heterocycles. The van der Waals surface area contributed by atoms with Crippen LogP contribution in [0.3, 0.4) is 0 Å². The molecule has 0 fully saturated rings. The van der Waals surface area contributed by atoms with Crippen molar-refractivity contribution in [1.29, 1.82) is 0 Å². The van der Waals surface area contributed by atoms with Crippen LogP contribution in [-0.4, -0.2) is 12.3 Å². The van der Waals surface area contributed by atoms with E-state index in [1.54, 1.807) is 19.1 Å². The van der Waals surface area contributed by atoms with Crippen LogP contribution in [0.2, 0.25) is 0 Å². The van der Waals surface area contributed by atoms with Crippen LogP contribution in [0.4, 0.5) is 10.1 Å². The van der Waals surface area contributed by atoms with Gasteiger partial charge in [0.15, 0.2) is 5.78 Å². The molecule has 0 N–H and O–H groups in total. The second-order valence-corrected chi connectivity index (χ2v) is 9.01. The van der Waals surface area contributed by atoms with E-state index in [9.17, 15) is 9.18 Å². The van der Waals surface area contributed by atoms with Crippen molar-refractivity contribution in [2.45, 2.75) is 37.6 Å². The number of carbonyl (C=O) groups is 1. The van der Waals surface area contributed by atoms with E-state index in [0.717, 1.165) is 24.9 Å². The number of ketones is 1. The van der Waals surface area contributed by atoms with Gasteiger partial charge in [-0.25, -0.2) is 4.39 Å². The first-order valence-electron chi connectivity index (χ1n) is 10.7. The molecule has 29 heavy (non-hydrogen) atoms. The van der Waals surface area contributed by atoms with Crippen molar-refractivity contribution >= 4 is 11.5 Å². The molecule has 0 saturated carbocycles. The third-order valence-electron chi connectivity index (χ3n) is 7.47. The molecule has 0 bridgehead atoms. The zero-order chi connectivity index (χ0) is 19.7. The summed E-state index contributed by atoms with van der Waals surface area (Å²) in [5.41, 5.74) is 5.97. The molecule has 0 unspecified atom stereocenters. The molecule has 2 aromatic carbocycles. The van der Waals surface area contributed by atoms with Crippen LogP contribution in [0.15, 0.2) is 60.7 Å². The van der Waals surface area contributed by atoms with Gasteiger partial charge in [-0.1, -0.05) is 36.4 Å².